The minimum Gasteiger partial charge on any atom is -0.497 e. The Labute approximate surface area is 151 Å². The van der Waals surface area contributed by atoms with E-state index in [2.05, 4.69) is 16.0 Å². The summed E-state index contributed by atoms with van der Waals surface area (Å²) in [5.41, 5.74) is 1.64. The molecule has 0 amide bonds. The van der Waals surface area contributed by atoms with Gasteiger partial charge in [0.25, 0.3) is 5.69 Å². The Morgan fingerprint density at radius 3 is 2.52 bits per heavy atom. The van der Waals surface area contributed by atoms with Crippen molar-refractivity contribution in [2.45, 2.75) is 6.54 Å². The van der Waals surface area contributed by atoms with Gasteiger partial charge in [-0.2, -0.15) is 0 Å². The molecule has 0 bridgehead atoms. The van der Waals surface area contributed by atoms with E-state index in [0.717, 1.165) is 11.3 Å². The number of thiocarbonyl (C=S) groups is 1. The molecule has 3 N–H and O–H groups in total. The highest BCUT2D eigenvalue weighted by Crippen LogP contribution is 2.22. The Morgan fingerprint density at radius 2 is 1.84 bits per heavy atom. The first kappa shape index (κ1) is 18.5. The van der Waals surface area contributed by atoms with Crippen LogP contribution in [-0.2, 0) is 6.54 Å². The minimum atomic E-state index is -0.406. The summed E-state index contributed by atoms with van der Waals surface area (Å²) in [5.74, 6) is 0.811. The minimum absolute atomic E-state index is 0.0581. The predicted molar refractivity (Wildman–Crippen MR) is 102 cm³/mol. The summed E-state index contributed by atoms with van der Waals surface area (Å²) in [5, 5.41) is 20.7. The van der Waals surface area contributed by atoms with Crippen LogP contribution in [0.15, 0.2) is 48.5 Å². The van der Waals surface area contributed by atoms with Crippen molar-refractivity contribution in [1.82, 2.24) is 10.6 Å². The van der Waals surface area contributed by atoms with Crippen molar-refractivity contribution in [3.05, 3.63) is 64.2 Å². The number of nitrogens with one attached hydrogen (secondary N) is 3. The molecule has 25 heavy (non-hydrogen) atoms. The normalized spacial score (nSPS) is 9.96. The molecule has 7 nitrogen and oxygen atoms in total. The van der Waals surface area contributed by atoms with Gasteiger partial charge in [0.2, 0.25) is 0 Å². The lowest BCUT2D eigenvalue weighted by molar-refractivity contribution is -0.384. The molecule has 0 atom stereocenters. The fourth-order valence-electron chi connectivity index (χ4n) is 2.14. The first-order chi connectivity index (χ1) is 12.1. The SMILES string of the molecule is COc1ccc(CNC(=S)NCCNc2ccccc2[N+](=O)[O-])cc1. The highest BCUT2D eigenvalue weighted by Gasteiger charge is 2.11. The van der Waals surface area contributed by atoms with E-state index in [1.54, 1.807) is 25.3 Å². The molecule has 0 radical (unpaired) electrons. The van der Waals surface area contributed by atoms with Gasteiger partial charge < -0.3 is 20.7 Å². The van der Waals surface area contributed by atoms with E-state index < -0.39 is 4.92 Å². The zero-order valence-electron chi connectivity index (χ0n) is 13.8. The van der Waals surface area contributed by atoms with E-state index in [1.165, 1.54) is 6.07 Å². The van der Waals surface area contributed by atoms with Crippen LogP contribution in [0.4, 0.5) is 11.4 Å². The first-order valence-corrected chi connectivity index (χ1v) is 8.13. The molecule has 0 aliphatic rings. The number of benzene rings is 2. The van der Waals surface area contributed by atoms with Gasteiger partial charge in [0.15, 0.2) is 5.11 Å². The van der Waals surface area contributed by atoms with Crippen molar-refractivity contribution >= 4 is 28.7 Å². The van der Waals surface area contributed by atoms with Crippen molar-refractivity contribution in [2.24, 2.45) is 0 Å². The van der Waals surface area contributed by atoms with E-state index in [0.29, 0.717) is 30.4 Å². The van der Waals surface area contributed by atoms with E-state index in [1.807, 2.05) is 24.3 Å². The van der Waals surface area contributed by atoms with Crippen LogP contribution in [0.2, 0.25) is 0 Å². The lowest BCUT2D eigenvalue weighted by atomic mass is 10.2. The standard InChI is InChI=1S/C17H20N4O3S/c1-24-14-8-6-13(7-9-14)12-20-17(25)19-11-10-18-15-4-2-3-5-16(15)21(22)23/h2-9,18H,10-12H2,1H3,(H2,19,20,25). The third-order valence-electron chi connectivity index (χ3n) is 3.44. The predicted octanol–water partition coefficient (Wildman–Crippen LogP) is 2.68. The van der Waals surface area contributed by atoms with Gasteiger partial charge in [-0.15, -0.1) is 0 Å². The van der Waals surface area contributed by atoms with Crippen molar-refractivity contribution in [1.29, 1.82) is 0 Å². The van der Waals surface area contributed by atoms with Crippen molar-refractivity contribution in [2.75, 3.05) is 25.5 Å². The van der Waals surface area contributed by atoms with Gasteiger partial charge in [-0.05, 0) is 36.0 Å². The Morgan fingerprint density at radius 1 is 1.12 bits per heavy atom. The van der Waals surface area contributed by atoms with Crippen molar-refractivity contribution in [3.63, 3.8) is 0 Å². The zero-order chi connectivity index (χ0) is 18.1. The van der Waals surface area contributed by atoms with Crippen LogP contribution >= 0.6 is 12.2 Å². The van der Waals surface area contributed by atoms with E-state index >= 15 is 0 Å². The molecule has 0 heterocycles. The van der Waals surface area contributed by atoms with Gasteiger partial charge >= 0.3 is 0 Å². The Bertz CT molecular complexity index is 722. The van der Waals surface area contributed by atoms with E-state index in [9.17, 15) is 10.1 Å². The van der Waals surface area contributed by atoms with Gasteiger partial charge in [-0.3, -0.25) is 10.1 Å². The van der Waals surface area contributed by atoms with Crippen LogP contribution in [0.25, 0.3) is 0 Å². The van der Waals surface area contributed by atoms with Crippen molar-refractivity contribution < 1.29 is 9.66 Å². The summed E-state index contributed by atoms with van der Waals surface area (Å²) in [6.07, 6.45) is 0. The number of nitro benzene ring substituents is 1. The molecule has 0 aromatic heterocycles. The smallest absolute Gasteiger partial charge is 0.292 e. The molecule has 2 rings (SSSR count). The molecule has 8 heteroatoms. The first-order valence-electron chi connectivity index (χ1n) is 7.72. The number of methoxy groups -OCH3 is 1. The van der Waals surface area contributed by atoms with Gasteiger partial charge in [0.05, 0.1) is 12.0 Å². The average molecular weight is 360 g/mol. The number of ether oxygens (including phenoxy) is 1. The zero-order valence-corrected chi connectivity index (χ0v) is 14.6. The molecule has 0 spiro atoms. The summed E-state index contributed by atoms with van der Waals surface area (Å²) in [4.78, 5) is 10.5. The third-order valence-corrected chi connectivity index (χ3v) is 3.73. The van der Waals surface area contributed by atoms with E-state index in [-0.39, 0.29) is 5.69 Å². The van der Waals surface area contributed by atoms with Crippen LogP contribution < -0.4 is 20.7 Å². The number of nitro groups is 1. The summed E-state index contributed by atoms with van der Waals surface area (Å²) in [6.45, 7) is 1.66. The summed E-state index contributed by atoms with van der Waals surface area (Å²) >= 11 is 5.22. The number of hydrogen-bond acceptors (Lipinski definition) is 5. The molecule has 2 aromatic rings. The highest BCUT2D eigenvalue weighted by atomic mass is 32.1. The summed E-state index contributed by atoms with van der Waals surface area (Å²) < 4.78 is 5.11. The van der Waals surface area contributed by atoms with E-state index in [4.69, 9.17) is 17.0 Å². The Balaban J connectivity index is 1.69. The molecule has 132 valence electrons. The fourth-order valence-corrected chi connectivity index (χ4v) is 2.32. The molecular formula is C17H20N4O3S. The molecule has 0 unspecified atom stereocenters. The highest BCUT2D eigenvalue weighted by molar-refractivity contribution is 7.80. The monoisotopic (exact) mass is 360 g/mol. The number of anilines is 1. The molecule has 0 aliphatic heterocycles. The maximum absolute atomic E-state index is 10.9. The number of hydrogen-bond donors (Lipinski definition) is 3. The van der Waals surface area contributed by atoms with Crippen LogP contribution in [-0.4, -0.2) is 30.2 Å². The quantitative estimate of drug-likeness (QED) is 0.289. The van der Waals surface area contributed by atoms with Gasteiger partial charge in [0.1, 0.15) is 11.4 Å². The lowest BCUT2D eigenvalue weighted by Crippen LogP contribution is -2.37. The van der Waals surface area contributed by atoms with Crippen LogP contribution in [0.3, 0.4) is 0 Å². The fraction of sp³-hybridized carbons (Fsp3) is 0.235. The maximum atomic E-state index is 10.9. The number of rotatable bonds is 8. The molecule has 2 aromatic carbocycles. The molecular weight excluding hydrogens is 340 g/mol. The molecule has 0 fully saturated rings. The van der Waals surface area contributed by atoms with Gasteiger partial charge in [0, 0.05) is 25.7 Å². The second-order valence-corrected chi connectivity index (χ2v) is 5.57. The summed E-state index contributed by atoms with van der Waals surface area (Å²) in [7, 11) is 1.63. The lowest BCUT2D eigenvalue weighted by Gasteiger charge is -2.12. The van der Waals surface area contributed by atoms with Gasteiger partial charge in [-0.1, -0.05) is 24.3 Å². The number of para-hydroxylation sites is 2. The molecule has 0 saturated carbocycles. The molecule has 0 aliphatic carbocycles. The average Bonchev–Trinajstić information content (AvgIpc) is 2.64. The second-order valence-electron chi connectivity index (χ2n) is 5.16. The third kappa shape index (κ3) is 5.92. The van der Waals surface area contributed by atoms with Crippen LogP contribution in [0, 0.1) is 10.1 Å². The Kier molecular flexibility index (Phi) is 6.97. The van der Waals surface area contributed by atoms with Crippen LogP contribution in [0.1, 0.15) is 5.56 Å². The van der Waals surface area contributed by atoms with Crippen LogP contribution in [0.5, 0.6) is 5.75 Å². The Hall–Kier alpha value is -2.87. The second kappa shape index (κ2) is 9.43. The number of nitrogens with zero attached hydrogens (tertiary/aromatic N) is 1. The van der Waals surface area contributed by atoms with Crippen molar-refractivity contribution in [3.8, 4) is 5.75 Å². The largest absolute Gasteiger partial charge is 0.497 e. The maximum Gasteiger partial charge on any atom is 0.292 e. The van der Waals surface area contributed by atoms with Gasteiger partial charge in [-0.25, -0.2) is 0 Å². The topological polar surface area (TPSA) is 88.5 Å². The summed E-state index contributed by atoms with van der Waals surface area (Å²) in [6, 6.07) is 14.3. The molecule has 0 saturated heterocycles.